The lowest BCUT2D eigenvalue weighted by Gasteiger charge is -2.35. The van der Waals surface area contributed by atoms with Gasteiger partial charge >= 0.3 is 0 Å². The fraction of sp³-hybridized carbons (Fsp3) is 0. The lowest BCUT2D eigenvalue weighted by molar-refractivity contribution is 0.668. The van der Waals surface area contributed by atoms with Crippen LogP contribution in [0.25, 0.3) is 121 Å². The Hall–Kier alpha value is -9.94. The highest BCUT2D eigenvalue weighted by Gasteiger charge is 2.42. The molecule has 0 amide bonds. The van der Waals surface area contributed by atoms with Gasteiger partial charge in [-0.05, 0) is 110 Å². The van der Waals surface area contributed by atoms with Crippen LogP contribution < -0.4 is 20.7 Å². The van der Waals surface area contributed by atoms with E-state index in [0.29, 0.717) is 0 Å². The van der Waals surface area contributed by atoms with E-state index in [4.69, 9.17) is 8.83 Å². The highest BCUT2D eigenvalue weighted by atomic mass is 28.3. The van der Waals surface area contributed by atoms with E-state index in [1.54, 1.807) is 0 Å². The number of nitrogens with zero attached hydrogens (tertiary/aromatic N) is 2. The molecule has 0 aliphatic heterocycles. The van der Waals surface area contributed by atoms with Crippen LogP contribution in [0.15, 0.2) is 288 Å². The topological polar surface area (TPSA) is 36.1 Å². The van der Waals surface area contributed by atoms with Crippen LogP contribution in [0.2, 0.25) is 0 Å². The third kappa shape index (κ3) is 6.38. The predicted octanol–water partition coefficient (Wildman–Crippen LogP) is 16.4. The molecule has 360 valence electrons. The van der Waals surface area contributed by atoms with Gasteiger partial charge in [-0.2, -0.15) is 0 Å². The maximum Gasteiger partial charge on any atom is 0.179 e. The van der Waals surface area contributed by atoms with Gasteiger partial charge in [0, 0.05) is 54.5 Å². The van der Waals surface area contributed by atoms with Gasteiger partial charge in [-0.1, -0.05) is 212 Å². The Bertz CT molecular complexity index is 4640. The summed E-state index contributed by atoms with van der Waals surface area (Å²) in [5, 5.41) is 14.5. The van der Waals surface area contributed by atoms with Gasteiger partial charge in [0.25, 0.3) is 0 Å². The second-order valence-corrected chi connectivity index (χ2v) is 24.1. The van der Waals surface area contributed by atoms with Crippen molar-refractivity contribution in [1.29, 1.82) is 0 Å². The molecule has 0 aliphatic rings. The zero-order chi connectivity index (χ0) is 50.6. The van der Waals surface area contributed by atoms with Crippen molar-refractivity contribution >= 4 is 116 Å². The average molecular weight is 999 g/mol. The smallest absolute Gasteiger partial charge is 0.179 e. The summed E-state index contributed by atoms with van der Waals surface area (Å²) in [5.74, 6) is 0. The molecule has 0 bridgehead atoms. The maximum atomic E-state index is 6.51. The Morgan fingerprint density at radius 1 is 0.234 bits per heavy atom. The van der Waals surface area contributed by atoms with Crippen LogP contribution in [0.1, 0.15) is 0 Å². The molecule has 0 unspecified atom stereocenters. The first-order chi connectivity index (χ1) is 38.2. The summed E-state index contributed by atoms with van der Waals surface area (Å²) in [6.07, 6.45) is 0. The summed E-state index contributed by atoms with van der Waals surface area (Å²) >= 11 is 0. The summed E-state index contributed by atoms with van der Waals surface area (Å²) in [5.41, 5.74) is 14.9. The third-order valence-corrected chi connectivity index (χ3v) is 21.0. The third-order valence-electron chi connectivity index (χ3n) is 16.3. The first-order valence-corrected chi connectivity index (χ1v) is 28.4. The molecular weight excluding hydrogens is 953 g/mol. The van der Waals surface area contributed by atoms with Crippen molar-refractivity contribution in [2.45, 2.75) is 0 Å². The lowest BCUT2D eigenvalue weighted by Crippen LogP contribution is -2.74. The molecule has 12 aromatic carbocycles. The van der Waals surface area contributed by atoms with E-state index in [0.717, 1.165) is 88.4 Å². The quantitative estimate of drug-likeness (QED) is 0.112. The van der Waals surface area contributed by atoms with Gasteiger partial charge < -0.3 is 18.0 Å². The molecule has 4 nitrogen and oxygen atoms in total. The van der Waals surface area contributed by atoms with Gasteiger partial charge in [0.05, 0.1) is 22.1 Å². The minimum absolute atomic E-state index is 0.884. The zero-order valence-corrected chi connectivity index (χ0v) is 42.8. The second-order valence-electron chi connectivity index (χ2n) is 20.2. The molecule has 5 heteroatoms. The molecule has 16 rings (SSSR count). The number of hydrogen-bond donors (Lipinski definition) is 0. The molecule has 0 saturated carbocycles. The van der Waals surface area contributed by atoms with Crippen LogP contribution in [-0.2, 0) is 0 Å². The molecule has 0 spiro atoms. The molecular formula is C72H46N2O2Si. The second kappa shape index (κ2) is 17.0. The van der Waals surface area contributed by atoms with E-state index in [9.17, 15) is 0 Å². The Morgan fingerprint density at radius 2 is 0.558 bits per heavy atom. The van der Waals surface area contributed by atoms with Gasteiger partial charge in [-0.25, -0.2) is 0 Å². The summed E-state index contributed by atoms with van der Waals surface area (Å²) < 4.78 is 18.1. The number of aromatic nitrogens is 2. The van der Waals surface area contributed by atoms with E-state index in [1.807, 2.05) is 12.1 Å². The van der Waals surface area contributed by atoms with Gasteiger partial charge in [0.15, 0.2) is 8.07 Å². The van der Waals surface area contributed by atoms with Crippen LogP contribution in [0, 0.1) is 0 Å². The molecule has 0 saturated heterocycles. The molecule has 4 aromatic heterocycles. The average Bonchev–Trinajstić information content (AvgIpc) is 4.38. The Morgan fingerprint density at radius 3 is 0.987 bits per heavy atom. The minimum Gasteiger partial charge on any atom is -0.456 e. The first-order valence-electron chi connectivity index (χ1n) is 26.4. The normalized spacial score (nSPS) is 12.2. The van der Waals surface area contributed by atoms with Crippen molar-refractivity contribution in [3.63, 3.8) is 0 Å². The van der Waals surface area contributed by atoms with Crippen molar-refractivity contribution in [3.05, 3.63) is 279 Å². The fourth-order valence-corrected chi connectivity index (χ4v) is 18.0. The van der Waals surface area contributed by atoms with E-state index < -0.39 is 8.07 Å². The van der Waals surface area contributed by atoms with Crippen molar-refractivity contribution < 1.29 is 8.83 Å². The highest BCUT2D eigenvalue weighted by molar-refractivity contribution is 7.20. The number of furan rings is 2. The van der Waals surface area contributed by atoms with Gasteiger partial charge in [0.2, 0.25) is 0 Å². The maximum absolute atomic E-state index is 6.51. The van der Waals surface area contributed by atoms with Crippen LogP contribution in [-0.4, -0.2) is 17.2 Å². The summed E-state index contributed by atoms with van der Waals surface area (Å²) in [4.78, 5) is 0. The first kappa shape index (κ1) is 43.5. The highest BCUT2D eigenvalue weighted by Crippen LogP contribution is 2.46. The van der Waals surface area contributed by atoms with Crippen LogP contribution in [0.4, 0.5) is 0 Å². The number of rotatable bonds is 8. The Kier molecular flexibility index (Phi) is 9.62. The SMILES string of the molecule is c1ccc([Si](c2ccccc2)(c2ccccc2)c2cc(-n3c4ccccc4c4c(-c5cccc6oc7ccccc7c56)cccc43)cc(-n3c4ccccc4c4c(-c5cccc6oc7ccccc7c56)cccc43)c2)cc1. The number of fused-ring (bicyclic) bond motifs is 12. The Balaban J connectivity index is 1.05. The molecule has 4 heterocycles. The summed E-state index contributed by atoms with van der Waals surface area (Å²) in [6, 6.07) is 103. The Labute approximate surface area is 444 Å². The van der Waals surface area contributed by atoms with E-state index in [-0.39, 0.29) is 0 Å². The van der Waals surface area contributed by atoms with Gasteiger partial charge in [0.1, 0.15) is 22.3 Å². The zero-order valence-electron chi connectivity index (χ0n) is 41.8. The van der Waals surface area contributed by atoms with Crippen LogP contribution >= 0.6 is 0 Å². The van der Waals surface area contributed by atoms with Crippen LogP contribution in [0.5, 0.6) is 0 Å². The van der Waals surface area contributed by atoms with E-state index >= 15 is 0 Å². The van der Waals surface area contributed by atoms with E-state index in [1.165, 1.54) is 53.4 Å². The number of para-hydroxylation sites is 4. The van der Waals surface area contributed by atoms with Crippen molar-refractivity contribution in [1.82, 2.24) is 9.13 Å². The van der Waals surface area contributed by atoms with Crippen LogP contribution in [0.3, 0.4) is 0 Å². The fourth-order valence-electron chi connectivity index (χ4n) is 13.2. The molecule has 77 heavy (non-hydrogen) atoms. The lowest BCUT2D eigenvalue weighted by atomic mass is 9.95. The molecule has 0 N–H and O–H groups in total. The predicted molar refractivity (Wildman–Crippen MR) is 324 cm³/mol. The summed E-state index contributed by atoms with van der Waals surface area (Å²) in [6.45, 7) is 0. The van der Waals surface area contributed by atoms with Crippen molar-refractivity contribution in [3.8, 4) is 33.6 Å². The number of benzene rings is 12. The standard InChI is InChI=1S/C72H46N2O2Si/c1-4-22-49(23-5-1)77(50-24-6-2-7-25-50,51-26-8-3-9-27-51)52-45-47(73-61-36-14-10-28-57(61)69-53(32-18-38-63(69)73)55-34-20-42-67-71(55)59-30-12-16-40-65(59)75-67)44-48(46-52)74-62-37-15-11-29-58(62)70-54(33-19-39-64(70)74)56-35-21-43-68-72(56)60-31-13-17-41-66(60)76-68/h1-46H. The van der Waals surface area contributed by atoms with Gasteiger partial charge in [-0.3, -0.25) is 0 Å². The summed E-state index contributed by atoms with van der Waals surface area (Å²) in [7, 11) is -3.13. The van der Waals surface area contributed by atoms with Crippen molar-refractivity contribution in [2.24, 2.45) is 0 Å². The number of hydrogen-bond acceptors (Lipinski definition) is 2. The van der Waals surface area contributed by atoms with Crippen molar-refractivity contribution in [2.75, 3.05) is 0 Å². The molecule has 0 aliphatic carbocycles. The monoisotopic (exact) mass is 998 g/mol. The van der Waals surface area contributed by atoms with Gasteiger partial charge in [-0.15, -0.1) is 0 Å². The molecule has 0 fully saturated rings. The molecule has 16 aromatic rings. The molecule has 0 atom stereocenters. The van der Waals surface area contributed by atoms with E-state index in [2.05, 4.69) is 276 Å². The molecule has 0 radical (unpaired) electrons. The minimum atomic E-state index is -3.13. The largest absolute Gasteiger partial charge is 0.456 e.